The van der Waals surface area contributed by atoms with Gasteiger partial charge in [-0.25, -0.2) is 9.78 Å². The third-order valence-corrected chi connectivity index (χ3v) is 5.90. The first kappa shape index (κ1) is 18.4. The van der Waals surface area contributed by atoms with Gasteiger partial charge >= 0.3 is 5.97 Å². The Morgan fingerprint density at radius 3 is 2.82 bits per heavy atom. The number of aromatic carboxylic acids is 1. The molecule has 3 aromatic rings. The summed E-state index contributed by atoms with van der Waals surface area (Å²) in [5.41, 5.74) is 1.45. The molecule has 0 atom stereocenters. The molecule has 7 nitrogen and oxygen atoms in total. The van der Waals surface area contributed by atoms with Crippen LogP contribution in [0.1, 0.15) is 35.1 Å². The van der Waals surface area contributed by atoms with Crippen molar-refractivity contribution in [3.8, 4) is 0 Å². The number of carboxylic acid groups (broad SMARTS) is 1. The lowest BCUT2D eigenvalue weighted by molar-refractivity contribution is -0.119. The molecule has 1 N–H and O–H groups in total. The Labute approximate surface area is 164 Å². The maximum atomic E-state index is 13.1. The van der Waals surface area contributed by atoms with E-state index in [1.807, 2.05) is 31.2 Å². The average Bonchev–Trinajstić information content (AvgIpc) is 3.14. The lowest BCUT2D eigenvalue weighted by Gasteiger charge is -2.29. The molecule has 1 aromatic carbocycles. The number of amides is 1. The van der Waals surface area contributed by atoms with Crippen molar-refractivity contribution in [2.75, 3.05) is 11.4 Å². The van der Waals surface area contributed by atoms with Crippen LogP contribution in [-0.4, -0.2) is 33.1 Å². The predicted octanol–water partition coefficient (Wildman–Crippen LogP) is 2.70. The van der Waals surface area contributed by atoms with Crippen LogP contribution in [0.25, 0.3) is 10.2 Å². The van der Waals surface area contributed by atoms with Crippen molar-refractivity contribution in [1.29, 1.82) is 0 Å². The standard InChI is InChI=1S/C20H19N3O4S/c1-2-15-21-18-17(13(11-28-18)20(26)27)19(25)23(15)10-16(24)22-9-5-7-12-6-3-4-8-14(12)22/h3-4,6,8,11H,2,5,7,9-10H2,1H3,(H,26,27). The summed E-state index contributed by atoms with van der Waals surface area (Å²) in [6.45, 7) is 2.30. The minimum Gasteiger partial charge on any atom is -0.478 e. The number of thiophene rings is 1. The van der Waals surface area contributed by atoms with Crippen molar-refractivity contribution in [3.63, 3.8) is 0 Å². The quantitative estimate of drug-likeness (QED) is 0.731. The summed E-state index contributed by atoms with van der Waals surface area (Å²) in [6.07, 6.45) is 2.25. The Kier molecular flexibility index (Phi) is 4.72. The van der Waals surface area contributed by atoms with Gasteiger partial charge in [-0.2, -0.15) is 0 Å². The number of hydrogen-bond acceptors (Lipinski definition) is 5. The summed E-state index contributed by atoms with van der Waals surface area (Å²) in [5, 5.41) is 10.9. The van der Waals surface area contributed by atoms with E-state index in [9.17, 15) is 19.5 Å². The molecule has 144 valence electrons. The number of para-hydroxylation sites is 1. The number of hydrogen-bond donors (Lipinski definition) is 1. The Bertz CT molecular complexity index is 1150. The van der Waals surface area contributed by atoms with E-state index in [0.29, 0.717) is 23.6 Å². The number of rotatable bonds is 4. The van der Waals surface area contributed by atoms with E-state index in [1.165, 1.54) is 9.95 Å². The lowest BCUT2D eigenvalue weighted by atomic mass is 10.0. The van der Waals surface area contributed by atoms with Gasteiger partial charge in [0.15, 0.2) is 0 Å². The number of carboxylic acids is 1. The zero-order valence-electron chi connectivity index (χ0n) is 15.3. The summed E-state index contributed by atoms with van der Waals surface area (Å²) in [5.74, 6) is -0.885. The molecular formula is C20H19N3O4S. The number of aromatic nitrogens is 2. The minimum atomic E-state index is -1.17. The summed E-state index contributed by atoms with van der Waals surface area (Å²) in [7, 11) is 0. The summed E-state index contributed by atoms with van der Waals surface area (Å²) < 4.78 is 1.32. The zero-order chi connectivity index (χ0) is 19.8. The number of nitrogens with zero attached hydrogens (tertiary/aromatic N) is 3. The van der Waals surface area contributed by atoms with Crippen molar-refractivity contribution in [1.82, 2.24) is 9.55 Å². The summed E-state index contributed by atoms with van der Waals surface area (Å²) in [6, 6.07) is 7.77. The highest BCUT2D eigenvalue weighted by Gasteiger charge is 2.25. The Morgan fingerprint density at radius 1 is 1.29 bits per heavy atom. The number of aryl methyl sites for hydroxylation is 2. The van der Waals surface area contributed by atoms with Gasteiger partial charge in [0.25, 0.3) is 5.56 Å². The van der Waals surface area contributed by atoms with Gasteiger partial charge in [0.2, 0.25) is 5.91 Å². The largest absolute Gasteiger partial charge is 0.478 e. The molecule has 4 rings (SSSR count). The molecule has 1 amide bonds. The van der Waals surface area contributed by atoms with Crippen LogP contribution in [0.4, 0.5) is 5.69 Å². The first-order valence-electron chi connectivity index (χ1n) is 9.13. The van der Waals surface area contributed by atoms with E-state index in [0.717, 1.165) is 35.4 Å². The van der Waals surface area contributed by atoms with Gasteiger partial charge in [0.1, 0.15) is 17.2 Å². The molecule has 8 heteroatoms. The van der Waals surface area contributed by atoms with Crippen LogP contribution in [0.3, 0.4) is 0 Å². The molecule has 2 aromatic heterocycles. The Hall–Kier alpha value is -3.00. The topological polar surface area (TPSA) is 92.5 Å². The number of benzene rings is 1. The van der Waals surface area contributed by atoms with Crippen molar-refractivity contribution < 1.29 is 14.7 Å². The van der Waals surface area contributed by atoms with Gasteiger partial charge in [0, 0.05) is 24.0 Å². The van der Waals surface area contributed by atoms with Crippen LogP contribution in [0.5, 0.6) is 0 Å². The van der Waals surface area contributed by atoms with Gasteiger partial charge in [-0.3, -0.25) is 14.2 Å². The van der Waals surface area contributed by atoms with E-state index >= 15 is 0 Å². The monoisotopic (exact) mass is 397 g/mol. The number of carbonyl (C=O) groups excluding carboxylic acids is 1. The van der Waals surface area contributed by atoms with Crippen molar-refractivity contribution >= 4 is 39.1 Å². The maximum absolute atomic E-state index is 13.1. The lowest BCUT2D eigenvalue weighted by Crippen LogP contribution is -2.40. The van der Waals surface area contributed by atoms with Gasteiger partial charge in [0.05, 0.1) is 10.9 Å². The highest BCUT2D eigenvalue weighted by atomic mass is 32.1. The van der Waals surface area contributed by atoms with Gasteiger partial charge < -0.3 is 10.0 Å². The molecule has 0 bridgehead atoms. The molecule has 0 radical (unpaired) electrons. The van der Waals surface area contributed by atoms with Crippen molar-refractivity contribution in [3.05, 3.63) is 57.0 Å². The van der Waals surface area contributed by atoms with E-state index in [1.54, 1.807) is 4.90 Å². The van der Waals surface area contributed by atoms with Gasteiger partial charge in [-0.05, 0) is 24.5 Å². The van der Waals surface area contributed by atoms with Crippen LogP contribution >= 0.6 is 11.3 Å². The molecule has 3 heterocycles. The number of carbonyl (C=O) groups is 2. The van der Waals surface area contributed by atoms with Crippen LogP contribution < -0.4 is 10.5 Å². The second-order valence-electron chi connectivity index (χ2n) is 6.69. The normalized spacial score (nSPS) is 13.5. The van der Waals surface area contributed by atoms with Gasteiger partial charge in [-0.15, -0.1) is 11.3 Å². The second kappa shape index (κ2) is 7.20. The molecule has 0 aliphatic carbocycles. The van der Waals surface area contributed by atoms with Crippen LogP contribution in [-0.2, 0) is 24.2 Å². The number of anilines is 1. The molecule has 0 saturated carbocycles. The molecule has 28 heavy (non-hydrogen) atoms. The Morgan fingerprint density at radius 2 is 2.07 bits per heavy atom. The van der Waals surface area contributed by atoms with E-state index in [4.69, 9.17) is 0 Å². The highest BCUT2D eigenvalue weighted by Crippen LogP contribution is 2.27. The summed E-state index contributed by atoms with van der Waals surface area (Å²) >= 11 is 1.13. The molecule has 0 spiro atoms. The van der Waals surface area contributed by atoms with E-state index in [2.05, 4.69) is 4.98 Å². The van der Waals surface area contributed by atoms with Gasteiger partial charge in [-0.1, -0.05) is 25.1 Å². The minimum absolute atomic E-state index is 0.0651. The van der Waals surface area contributed by atoms with Crippen molar-refractivity contribution in [2.45, 2.75) is 32.7 Å². The van der Waals surface area contributed by atoms with Crippen LogP contribution in [0.2, 0.25) is 0 Å². The average molecular weight is 397 g/mol. The van der Waals surface area contributed by atoms with E-state index in [-0.39, 0.29) is 23.4 Å². The molecule has 0 fully saturated rings. The fourth-order valence-electron chi connectivity index (χ4n) is 3.67. The smallest absolute Gasteiger partial charge is 0.337 e. The maximum Gasteiger partial charge on any atom is 0.337 e. The van der Waals surface area contributed by atoms with Crippen LogP contribution in [0.15, 0.2) is 34.4 Å². The molecule has 0 saturated heterocycles. The summed E-state index contributed by atoms with van der Waals surface area (Å²) in [4.78, 5) is 44.1. The fraction of sp³-hybridized carbons (Fsp3) is 0.300. The Balaban J connectivity index is 1.77. The van der Waals surface area contributed by atoms with E-state index < -0.39 is 11.5 Å². The van der Waals surface area contributed by atoms with Crippen molar-refractivity contribution in [2.24, 2.45) is 0 Å². The third-order valence-electron chi connectivity index (χ3n) is 5.02. The molecule has 0 unspecified atom stereocenters. The molecular weight excluding hydrogens is 378 g/mol. The third kappa shape index (κ3) is 2.99. The highest BCUT2D eigenvalue weighted by molar-refractivity contribution is 7.17. The molecule has 1 aliphatic heterocycles. The number of fused-ring (bicyclic) bond motifs is 2. The first-order valence-corrected chi connectivity index (χ1v) is 10.0. The fourth-order valence-corrected chi connectivity index (χ4v) is 4.59. The zero-order valence-corrected chi connectivity index (χ0v) is 16.2. The SMILES string of the molecule is CCc1nc2scc(C(=O)O)c2c(=O)n1CC(=O)N1CCCc2ccccc21. The van der Waals surface area contributed by atoms with Crippen LogP contribution in [0, 0.1) is 0 Å². The molecule has 1 aliphatic rings. The predicted molar refractivity (Wildman–Crippen MR) is 107 cm³/mol. The second-order valence-corrected chi connectivity index (χ2v) is 7.54. The first-order chi connectivity index (χ1) is 13.5.